The van der Waals surface area contributed by atoms with Gasteiger partial charge in [-0.05, 0) is 25.8 Å². The number of aryl methyl sites for hydroxylation is 2. The van der Waals surface area contributed by atoms with Crippen molar-refractivity contribution in [2.75, 3.05) is 31.5 Å². The minimum atomic E-state index is -4.14. The normalized spacial score (nSPS) is 19.7. The van der Waals surface area contributed by atoms with Crippen LogP contribution in [0.3, 0.4) is 0 Å². The summed E-state index contributed by atoms with van der Waals surface area (Å²) in [5.41, 5.74) is 1.13. The third-order valence-electron chi connectivity index (χ3n) is 3.67. The van der Waals surface area contributed by atoms with E-state index in [4.69, 9.17) is 5.26 Å². The molecular formula is C13H18F3N5. The Labute approximate surface area is 121 Å². The van der Waals surface area contributed by atoms with Crippen molar-refractivity contribution in [3.05, 3.63) is 11.3 Å². The van der Waals surface area contributed by atoms with Gasteiger partial charge in [0, 0.05) is 20.1 Å². The van der Waals surface area contributed by atoms with Gasteiger partial charge < -0.3 is 5.32 Å². The number of rotatable bonds is 4. The summed E-state index contributed by atoms with van der Waals surface area (Å²) < 4.78 is 38.6. The van der Waals surface area contributed by atoms with Gasteiger partial charge in [0.05, 0.1) is 12.2 Å². The Hall–Kier alpha value is -1.75. The number of hydrogen-bond donors (Lipinski definition) is 1. The highest BCUT2D eigenvalue weighted by atomic mass is 19.4. The SMILES string of the molecule is Cc1nn(C)c(NCC2CCN(CC(F)(F)F)C2)c1C#N. The fraction of sp³-hybridized carbons (Fsp3) is 0.692. The lowest BCUT2D eigenvalue weighted by atomic mass is 10.1. The maximum absolute atomic E-state index is 12.3. The monoisotopic (exact) mass is 301 g/mol. The Morgan fingerprint density at radius 1 is 1.48 bits per heavy atom. The van der Waals surface area contributed by atoms with E-state index in [2.05, 4.69) is 16.5 Å². The van der Waals surface area contributed by atoms with Gasteiger partial charge in [-0.1, -0.05) is 0 Å². The minimum absolute atomic E-state index is 0.147. The molecule has 8 heteroatoms. The molecular weight excluding hydrogens is 283 g/mol. The first-order valence-corrected chi connectivity index (χ1v) is 6.77. The molecule has 5 nitrogen and oxygen atoms in total. The molecule has 0 aliphatic carbocycles. The van der Waals surface area contributed by atoms with E-state index in [0.717, 1.165) is 6.42 Å². The van der Waals surface area contributed by atoms with Crippen LogP contribution in [0.2, 0.25) is 0 Å². The molecule has 0 aromatic carbocycles. The van der Waals surface area contributed by atoms with Crippen LogP contribution in [-0.2, 0) is 7.05 Å². The van der Waals surface area contributed by atoms with Crippen molar-refractivity contribution in [1.82, 2.24) is 14.7 Å². The number of nitriles is 1. The first-order chi connectivity index (χ1) is 9.80. The Morgan fingerprint density at radius 3 is 2.81 bits per heavy atom. The van der Waals surface area contributed by atoms with Crippen molar-refractivity contribution < 1.29 is 13.2 Å². The highest BCUT2D eigenvalue weighted by Gasteiger charge is 2.34. The lowest BCUT2D eigenvalue weighted by Gasteiger charge is -2.18. The second-order valence-electron chi connectivity index (χ2n) is 5.43. The number of aromatic nitrogens is 2. The molecule has 0 amide bonds. The average Bonchev–Trinajstić information content (AvgIpc) is 2.89. The molecule has 1 saturated heterocycles. The standard InChI is InChI=1S/C13H18F3N5/c1-9-11(5-17)12(20(2)19-9)18-6-10-3-4-21(7-10)8-13(14,15)16/h10,18H,3-4,6-8H2,1-2H3. The summed E-state index contributed by atoms with van der Waals surface area (Å²) >= 11 is 0. The lowest BCUT2D eigenvalue weighted by molar-refractivity contribution is -0.143. The molecule has 0 bridgehead atoms. The summed E-state index contributed by atoms with van der Waals surface area (Å²) in [5, 5.41) is 16.4. The van der Waals surface area contributed by atoms with Gasteiger partial charge in [-0.25, -0.2) is 0 Å². The van der Waals surface area contributed by atoms with Gasteiger partial charge in [-0.3, -0.25) is 9.58 Å². The van der Waals surface area contributed by atoms with Crippen molar-refractivity contribution in [2.45, 2.75) is 19.5 Å². The third kappa shape index (κ3) is 3.88. The fourth-order valence-corrected chi connectivity index (χ4v) is 2.71. The van der Waals surface area contributed by atoms with Gasteiger partial charge in [0.25, 0.3) is 0 Å². The topological polar surface area (TPSA) is 56.9 Å². The predicted molar refractivity (Wildman–Crippen MR) is 71.8 cm³/mol. The molecule has 1 aromatic rings. The third-order valence-corrected chi connectivity index (χ3v) is 3.67. The molecule has 1 aliphatic heterocycles. The van der Waals surface area contributed by atoms with Gasteiger partial charge in [-0.15, -0.1) is 0 Å². The van der Waals surface area contributed by atoms with E-state index in [1.54, 1.807) is 18.7 Å². The highest BCUT2D eigenvalue weighted by Crippen LogP contribution is 2.24. The van der Waals surface area contributed by atoms with E-state index in [0.29, 0.717) is 36.7 Å². The molecule has 1 fully saturated rings. The summed E-state index contributed by atoms with van der Waals surface area (Å²) in [6, 6.07) is 2.09. The Kier molecular flexibility index (Phi) is 4.42. The number of nitrogens with one attached hydrogen (secondary N) is 1. The number of alkyl halides is 3. The molecule has 0 spiro atoms. The summed E-state index contributed by atoms with van der Waals surface area (Å²) in [6.07, 6.45) is -3.42. The quantitative estimate of drug-likeness (QED) is 0.923. The summed E-state index contributed by atoms with van der Waals surface area (Å²) in [5.74, 6) is 0.776. The summed E-state index contributed by atoms with van der Waals surface area (Å²) in [6.45, 7) is 2.33. The summed E-state index contributed by atoms with van der Waals surface area (Å²) in [4.78, 5) is 1.42. The Bertz CT molecular complexity index is 543. The zero-order valence-corrected chi connectivity index (χ0v) is 12.0. The number of nitrogens with zero attached hydrogens (tertiary/aromatic N) is 4. The molecule has 0 radical (unpaired) electrons. The molecule has 1 aromatic heterocycles. The van der Waals surface area contributed by atoms with Crippen LogP contribution in [0.4, 0.5) is 19.0 Å². The van der Waals surface area contributed by atoms with E-state index < -0.39 is 12.7 Å². The largest absolute Gasteiger partial charge is 0.401 e. The van der Waals surface area contributed by atoms with Gasteiger partial charge in [0.15, 0.2) is 0 Å². The van der Waals surface area contributed by atoms with E-state index in [-0.39, 0.29) is 5.92 Å². The zero-order valence-electron chi connectivity index (χ0n) is 12.0. The smallest absolute Gasteiger partial charge is 0.369 e. The molecule has 2 rings (SSSR count). The van der Waals surface area contributed by atoms with E-state index in [9.17, 15) is 13.2 Å². The van der Waals surface area contributed by atoms with Crippen LogP contribution in [0.1, 0.15) is 17.7 Å². The van der Waals surface area contributed by atoms with E-state index in [1.165, 1.54) is 4.90 Å². The van der Waals surface area contributed by atoms with Crippen molar-refractivity contribution in [3.8, 4) is 6.07 Å². The molecule has 116 valence electrons. The van der Waals surface area contributed by atoms with Crippen LogP contribution in [0.15, 0.2) is 0 Å². The van der Waals surface area contributed by atoms with Crippen LogP contribution in [0, 0.1) is 24.2 Å². The first-order valence-electron chi connectivity index (χ1n) is 6.77. The van der Waals surface area contributed by atoms with Crippen LogP contribution in [0.25, 0.3) is 0 Å². The molecule has 1 N–H and O–H groups in total. The molecule has 21 heavy (non-hydrogen) atoms. The van der Waals surface area contributed by atoms with Crippen molar-refractivity contribution in [1.29, 1.82) is 5.26 Å². The summed E-state index contributed by atoms with van der Waals surface area (Å²) in [7, 11) is 1.74. The number of halogens is 3. The molecule has 1 aliphatic rings. The molecule has 1 atom stereocenters. The first kappa shape index (κ1) is 15.6. The molecule has 1 unspecified atom stereocenters. The van der Waals surface area contributed by atoms with Crippen LogP contribution >= 0.6 is 0 Å². The second kappa shape index (κ2) is 5.93. The molecule has 2 heterocycles. The van der Waals surface area contributed by atoms with Crippen molar-refractivity contribution in [3.63, 3.8) is 0 Å². The zero-order chi connectivity index (χ0) is 15.6. The maximum atomic E-state index is 12.3. The van der Waals surface area contributed by atoms with Crippen molar-refractivity contribution >= 4 is 5.82 Å². The van der Waals surface area contributed by atoms with Gasteiger partial charge in [-0.2, -0.15) is 23.5 Å². The van der Waals surface area contributed by atoms with Crippen molar-refractivity contribution in [2.24, 2.45) is 13.0 Å². The predicted octanol–water partition coefficient (Wildman–Crippen LogP) is 1.90. The maximum Gasteiger partial charge on any atom is 0.401 e. The van der Waals surface area contributed by atoms with E-state index >= 15 is 0 Å². The van der Waals surface area contributed by atoms with E-state index in [1.807, 2.05) is 0 Å². The van der Waals surface area contributed by atoms with Crippen LogP contribution in [0.5, 0.6) is 0 Å². The van der Waals surface area contributed by atoms with Gasteiger partial charge in [0.2, 0.25) is 0 Å². The number of anilines is 1. The Balaban J connectivity index is 1.90. The lowest BCUT2D eigenvalue weighted by Crippen LogP contribution is -2.33. The fourth-order valence-electron chi connectivity index (χ4n) is 2.71. The number of hydrogen-bond acceptors (Lipinski definition) is 4. The average molecular weight is 301 g/mol. The van der Waals surface area contributed by atoms with Gasteiger partial charge in [0.1, 0.15) is 17.5 Å². The molecule has 0 saturated carbocycles. The minimum Gasteiger partial charge on any atom is -0.369 e. The van der Waals surface area contributed by atoms with Gasteiger partial charge >= 0.3 is 6.18 Å². The number of likely N-dealkylation sites (tertiary alicyclic amines) is 1. The highest BCUT2D eigenvalue weighted by molar-refractivity contribution is 5.54. The Morgan fingerprint density at radius 2 is 2.19 bits per heavy atom. The van der Waals surface area contributed by atoms with Crippen LogP contribution < -0.4 is 5.32 Å². The second-order valence-corrected chi connectivity index (χ2v) is 5.43. The van der Waals surface area contributed by atoms with Crippen LogP contribution in [-0.4, -0.2) is 47.0 Å².